The molecule has 2 fully saturated rings. The maximum Gasteiger partial charge on any atom is 0.347 e. The summed E-state index contributed by atoms with van der Waals surface area (Å²) in [6, 6.07) is 7.99. The van der Waals surface area contributed by atoms with Gasteiger partial charge in [0.05, 0.1) is 23.8 Å². The summed E-state index contributed by atoms with van der Waals surface area (Å²) >= 11 is 0. The van der Waals surface area contributed by atoms with Crippen LogP contribution in [-0.2, 0) is 4.74 Å². The highest BCUT2D eigenvalue weighted by molar-refractivity contribution is 6.07. The number of hydrogen-bond acceptors (Lipinski definition) is 7. The molecule has 0 unspecified atom stereocenters. The van der Waals surface area contributed by atoms with Gasteiger partial charge in [0.15, 0.2) is 5.65 Å². The van der Waals surface area contributed by atoms with Gasteiger partial charge in [0.25, 0.3) is 11.8 Å². The molecule has 2 aliphatic rings. The number of nitrogens with zero attached hydrogens (tertiary/aromatic N) is 3. The normalized spacial score (nSPS) is 21.7. The van der Waals surface area contributed by atoms with Crippen LogP contribution in [0.2, 0.25) is 0 Å². The summed E-state index contributed by atoms with van der Waals surface area (Å²) in [5, 5.41) is 19.6. The molecule has 11 nitrogen and oxygen atoms in total. The second-order valence-corrected chi connectivity index (χ2v) is 9.40. The lowest BCUT2D eigenvalue weighted by Crippen LogP contribution is -2.47. The van der Waals surface area contributed by atoms with Crippen LogP contribution in [0.15, 0.2) is 45.7 Å². The minimum absolute atomic E-state index is 0.0781. The number of benzene rings is 1. The molecule has 3 aromatic heterocycles. The highest BCUT2D eigenvalue weighted by atomic mass is 16.5. The number of aromatic nitrogens is 3. The predicted molar refractivity (Wildman–Crippen MR) is 128 cm³/mol. The Bertz CT molecular complexity index is 1550. The predicted octanol–water partition coefficient (Wildman–Crippen LogP) is 1.69. The zero-order valence-corrected chi connectivity index (χ0v) is 19.6. The van der Waals surface area contributed by atoms with E-state index in [2.05, 4.69) is 15.5 Å². The van der Waals surface area contributed by atoms with Gasteiger partial charge in [0.2, 0.25) is 0 Å². The fraction of sp³-hybridized carbons (Fsp3) is 0.360. The number of nitrogens with one attached hydrogen (secondary N) is 2. The summed E-state index contributed by atoms with van der Waals surface area (Å²) in [6.45, 7) is 3.75. The average Bonchev–Trinajstić information content (AvgIpc) is 3.55. The molecule has 0 bridgehead atoms. The quantitative estimate of drug-likeness (QED) is 0.394. The van der Waals surface area contributed by atoms with Crippen LogP contribution in [0.4, 0.5) is 0 Å². The van der Waals surface area contributed by atoms with Gasteiger partial charge in [-0.3, -0.25) is 9.59 Å². The second kappa shape index (κ2) is 8.52. The molecule has 11 heteroatoms. The first-order valence-corrected chi connectivity index (χ1v) is 11.9. The van der Waals surface area contributed by atoms with E-state index in [0.717, 1.165) is 6.42 Å². The standard InChI is InChI=1S/C25H25N5O6/c1-13-21(16-5-4-15(31)9-19(16)36-13)24(33)29-8-6-14-12-35-20(18(14)11-29)10-26-23(32)17-3-2-7-30-22(17)27-28-25(30)34/h2-5,7,9,14,18,20,31H,6,8,10-12H2,1H3,(H,26,32)(H,28,34)/t14-,18-,20-/m0/s1. The Hall–Kier alpha value is -4.12. The molecule has 2 amide bonds. The van der Waals surface area contributed by atoms with E-state index in [1.807, 2.05) is 4.90 Å². The summed E-state index contributed by atoms with van der Waals surface area (Å²) in [5.74, 6) is 0.526. The number of aryl methyl sites for hydroxylation is 1. The van der Waals surface area contributed by atoms with Crippen molar-refractivity contribution in [1.29, 1.82) is 0 Å². The number of phenolic OH excluding ortho intramolecular Hbond substituents is 1. The number of rotatable bonds is 4. The number of furan rings is 1. The maximum absolute atomic E-state index is 13.5. The molecule has 36 heavy (non-hydrogen) atoms. The molecule has 2 aliphatic heterocycles. The van der Waals surface area contributed by atoms with Crippen molar-refractivity contribution in [2.75, 3.05) is 26.2 Å². The Morgan fingerprint density at radius 2 is 2.17 bits per heavy atom. The summed E-state index contributed by atoms with van der Waals surface area (Å²) in [6.07, 6.45) is 2.12. The van der Waals surface area contributed by atoms with Crippen LogP contribution < -0.4 is 11.0 Å². The van der Waals surface area contributed by atoms with Crippen molar-refractivity contribution in [3.8, 4) is 5.75 Å². The summed E-state index contributed by atoms with van der Waals surface area (Å²) in [5.41, 5.74) is 1.13. The van der Waals surface area contributed by atoms with Crippen molar-refractivity contribution in [3.05, 3.63) is 63.9 Å². The molecular weight excluding hydrogens is 466 g/mol. The van der Waals surface area contributed by atoms with Crippen LogP contribution in [0, 0.1) is 18.8 Å². The number of carbonyl (C=O) groups is 2. The number of likely N-dealkylation sites (tertiary alicyclic amines) is 1. The van der Waals surface area contributed by atoms with E-state index in [1.54, 1.807) is 37.4 Å². The number of carbonyl (C=O) groups excluding carboxylic acids is 2. The van der Waals surface area contributed by atoms with Gasteiger partial charge in [-0.2, -0.15) is 5.10 Å². The first-order valence-electron chi connectivity index (χ1n) is 11.9. The number of ether oxygens (including phenoxy) is 1. The second-order valence-electron chi connectivity index (χ2n) is 9.40. The van der Waals surface area contributed by atoms with Crippen molar-refractivity contribution < 1.29 is 23.8 Å². The molecule has 186 valence electrons. The third-order valence-corrected chi connectivity index (χ3v) is 7.31. The third-order valence-electron chi connectivity index (χ3n) is 7.31. The summed E-state index contributed by atoms with van der Waals surface area (Å²) in [7, 11) is 0. The maximum atomic E-state index is 13.5. The van der Waals surface area contributed by atoms with E-state index in [9.17, 15) is 19.5 Å². The molecule has 1 aromatic carbocycles. The van der Waals surface area contributed by atoms with Crippen molar-refractivity contribution in [3.63, 3.8) is 0 Å². The number of aromatic hydroxyl groups is 1. The number of aromatic amines is 1. The van der Waals surface area contributed by atoms with Crippen LogP contribution >= 0.6 is 0 Å². The van der Waals surface area contributed by atoms with Gasteiger partial charge in [-0.05, 0) is 43.5 Å². The lowest BCUT2D eigenvalue weighted by Gasteiger charge is -2.36. The van der Waals surface area contributed by atoms with Gasteiger partial charge in [0.1, 0.15) is 17.1 Å². The molecule has 0 aliphatic carbocycles. The van der Waals surface area contributed by atoms with Gasteiger partial charge in [0, 0.05) is 43.2 Å². The lowest BCUT2D eigenvalue weighted by atomic mass is 9.84. The van der Waals surface area contributed by atoms with Crippen LogP contribution in [0.25, 0.3) is 16.6 Å². The highest BCUT2D eigenvalue weighted by Gasteiger charge is 2.42. The van der Waals surface area contributed by atoms with E-state index in [4.69, 9.17) is 9.15 Å². The van der Waals surface area contributed by atoms with Gasteiger partial charge in [-0.1, -0.05) is 0 Å². The van der Waals surface area contributed by atoms with E-state index < -0.39 is 5.69 Å². The largest absolute Gasteiger partial charge is 0.508 e. The zero-order valence-electron chi connectivity index (χ0n) is 19.6. The van der Waals surface area contributed by atoms with Crippen LogP contribution in [-0.4, -0.2) is 68.8 Å². The minimum atomic E-state index is -0.411. The lowest BCUT2D eigenvalue weighted by molar-refractivity contribution is 0.0540. The molecule has 2 saturated heterocycles. The van der Waals surface area contributed by atoms with Crippen molar-refractivity contribution >= 4 is 28.4 Å². The molecule has 0 saturated carbocycles. The first kappa shape index (κ1) is 22.4. The molecule has 0 radical (unpaired) electrons. The fourth-order valence-electron chi connectivity index (χ4n) is 5.45. The molecular formula is C25H25N5O6. The number of pyridine rings is 1. The molecule has 4 aromatic rings. The molecule has 3 atom stereocenters. The molecule has 3 N–H and O–H groups in total. The third kappa shape index (κ3) is 3.63. The van der Waals surface area contributed by atoms with Crippen LogP contribution in [0.1, 0.15) is 32.9 Å². The van der Waals surface area contributed by atoms with Crippen molar-refractivity contribution in [1.82, 2.24) is 24.8 Å². The first-order chi connectivity index (χ1) is 17.4. The minimum Gasteiger partial charge on any atom is -0.508 e. The number of piperidine rings is 1. The van der Waals surface area contributed by atoms with Crippen molar-refractivity contribution in [2.24, 2.45) is 11.8 Å². The van der Waals surface area contributed by atoms with Crippen LogP contribution in [0.3, 0.4) is 0 Å². The fourth-order valence-corrected chi connectivity index (χ4v) is 5.45. The molecule has 0 spiro atoms. The number of phenols is 1. The number of amides is 2. The zero-order chi connectivity index (χ0) is 25.0. The average molecular weight is 492 g/mol. The van der Waals surface area contributed by atoms with Gasteiger partial charge in [-0.15, -0.1) is 0 Å². The SMILES string of the molecule is Cc1oc2cc(O)ccc2c1C(=O)N1CC[C@H]2CO[C@@H](CNC(=O)c3cccn4c(=O)[nH]nc34)[C@H]2C1. The molecule has 5 heterocycles. The Kier molecular flexibility index (Phi) is 5.29. The van der Waals surface area contributed by atoms with E-state index in [1.165, 1.54) is 10.5 Å². The van der Waals surface area contributed by atoms with Crippen molar-refractivity contribution in [2.45, 2.75) is 19.4 Å². The Balaban J connectivity index is 1.17. The van der Waals surface area contributed by atoms with Gasteiger partial charge in [-0.25, -0.2) is 14.3 Å². The Morgan fingerprint density at radius 3 is 3.03 bits per heavy atom. The smallest absolute Gasteiger partial charge is 0.347 e. The number of hydrogen-bond donors (Lipinski definition) is 3. The van der Waals surface area contributed by atoms with E-state index in [0.29, 0.717) is 53.5 Å². The van der Waals surface area contributed by atoms with Gasteiger partial charge >= 0.3 is 5.69 Å². The van der Waals surface area contributed by atoms with E-state index in [-0.39, 0.29) is 41.8 Å². The van der Waals surface area contributed by atoms with E-state index >= 15 is 0 Å². The number of fused-ring (bicyclic) bond motifs is 3. The highest BCUT2D eigenvalue weighted by Crippen LogP contribution is 2.36. The summed E-state index contributed by atoms with van der Waals surface area (Å²) in [4.78, 5) is 40.0. The Labute approximate surface area is 204 Å². The number of H-pyrrole nitrogens is 1. The van der Waals surface area contributed by atoms with Crippen LogP contribution in [0.5, 0.6) is 5.75 Å². The monoisotopic (exact) mass is 491 g/mol. The van der Waals surface area contributed by atoms with Gasteiger partial charge < -0.3 is 24.5 Å². The summed E-state index contributed by atoms with van der Waals surface area (Å²) < 4.78 is 13.0. The molecule has 6 rings (SSSR count). The Morgan fingerprint density at radius 1 is 1.31 bits per heavy atom. The topological polar surface area (TPSA) is 142 Å².